The van der Waals surface area contributed by atoms with Crippen molar-refractivity contribution < 1.29 is 4.92 Å². The number of nitro benzene ring substituents is 1. The predicted octanol–water partition coefficient (Wildman–Crippen LogP) is 4.31. The summed E-state index contributed by atoms with van der Waals surface area (Å²) >= 11 is 6.05. The number of hydrogen-bond donors (Lipinski definition) is 1. The van der Waals surface area contributed by atoms with E-state index in [1.54, 1.807) is 6.07 Å². The Morgan fingerprint density at radius 1 is 1.35 bits per heavy atom. The van der Waals surface area contributed by atoms with Gasteiger partial charge in [-0.25, -0.2) is 0 Å². The number of benzene rings is 1. The van der Waals surface area contributed by atoms with Crippen LogP contribution in [0.5, 0.6) is 0 Å². The molecule has 0 bridgehead atoms. The molecular formula is C15H21ClN2O2. The van der Waals surface area contributed by atoms with Crippen molar-refractivity contribution in [2.45, 2.75) is 45.1 Å². The minimum Gasteiger partial charge on any atom is -0.313 e. The first kappa shape index (κ1) is 15.3. The smallest absolute Gasteiger partial charge is 0.270 e. The minimum atomic E-state index is -0.426. The van der Waals surface area contributed by atoms with Crippen LogP contribution in [0.15, 0.2) is 18.2 Å². The number of non-ortho nitro benzene ring substituents is 1. The molecular weight excluding hydrogens is 276 g/mol. The van der Waals surface area contributed by atoms with Crippen molar-refractivity contribution >= 4 is 17.3 Å². The normalized spacial score (nSPS) is 15.7. The number of hydrogen-bond acceptors (Lipinski definition) is 3. The molecule has 0 aromatic heterocycles. The third-order valence-corrected chi connectivity index (χ3v) is 4.36. The summed E-state index contributed by atoms with van der Waals surface area (Å²) in [6, 6.07) is 4.64. The van der Waals surface area contributed by atoms with Crippen molar-refractivity contribution in [1.82, 2.24) is 5.32 Å². The fraction of sp³-hybridized carbons (Fsp3) is 0.600. The van der Waals surface area contributed by atoms with Gasteiger partial charge in [-0.3, -0.25) is 10.1 Å². The SMILES string of the molecule is O=[N+]([O-])c1ccc(CNCCCC2CCCC2)c(Cl)c1. The molecule has 1 aliphatic rings. The second-order valence-electron chi connectivity index (χ2n) is 5.50. The van der Waals surface area contributed by atoms with E-state index in [0.29, 0.717) is 11.6 Å². The van der Waals surface area contributed by atoms with Crippen molar-refractivity contribution in [3.63, 3.8) is 0 Å². The Morgan fingerprint density at radius 2 is 2.10 bits per heavy atom. The lowest BCUT2D eigenvalue weighted by atomic mass is 10.0. The van der Waals surface area contributed by atoms with Gasteiger partial charge >= 0.3 is 0 Å². The van der Waals surface area contributed by atoms with Gasteiger partial charge in [0.05, 0.1) is 9.95 Å². The van der Waals surface area contributed by atoms with E-state index in [0.717, 1.165) is 18.0 Å². The van der Waals surface area contributed by atoms with E-state index in [2.05, 4.69) is 5.32 Å². The van der Waals surface area contributed by atoms with Gasteiger partial charge in [-0.2, -0.15) is 0 Å². The maximum atomic E-state index is 10.6. The van der Waals surface area contributed by atoms with Gasteiger partial charge in [-0.15, -0.1) is 0 Å². The van der Waals surface area contributed by atoms with Crippen LogP contribution in [0.2, 0.25) is 5.02 Å². The lowest BCUT2D eigenvalue weighted by Gasteiger charge is -2.10. The van der Waals surface area contributed by atoms with Crippen LogP contribution in [0.4, 0.5) is 5.69 Å². The van der Waals surface area contributed by atoms with Gasteiger partial charge in [0.15, 0.2) is 0 Å². The van der Waals surface area contributed by atoms with Crippen molar-refractivity contribution in [3.05, 3.63) is 38.9 Å². The molecule has 1 N–H and O–H groups in total. The van der Waals surface area contributed by atoms with Crippen LogP contribution in [0.3, 0.4) is 0 Å². The van der Waals surface area contributed by atoms with E-state index in [4.69, 9.17) is 11.6 Å². The van der Waals surface area contributed by atoms with E-state index >= 15 is 0 Å². The summed E-state index contributed by atoms with van der Waals surface area (Å²) in [6.45, 7) is 1.64. The summed E-state index contributed by atoms with van der Waals surface area (Å²) in [5, 5.41) is 14.4. The van der Waals surface area contributed by atoms with Crippen molar-refractivity contribution in [2.24, 2.45) is 5.92 Å². The molecule has 0 amide bonds. The summed E-state index contributed by atoms with van der Waals surface area (Å²) in [5.41, 5.74) is 0.957. The Balaban J connectivity index is 1.69. The lowest BCUT2D eigenvalue weighted by Crippen LogP contribution is -2.15. The highest BCUT2D eigenvalue weighted by molar-refractivity contribution is 6.31. The van der Waals surface area contributed by atoms with Gasteiger partial charge in [0.2, 0.25) is 0 Å². The molecule has 5 heteroatoms. The van der Waals surface area contributed by atoms with Gasteiger partial charge in [-0.1, -0.05) is 37.3 Å². The predicted molar refractivity (Wildman–Crippen MR) is 81.0 cm³/mol. The zero-order valence-corrected chi connectivity index (χ0v) is 12.4. The maximum Gasteiger partial charge on any atom is 0.270 e. The van der Waals surface area contributed by atoms with Crippen LogP contribution < -0.4 is 5.32 Å². The second-order valence-corrected chi connectivity index (χ2v) is 5.91. The van der Waals surface area contributed by atoms with Crippen LogP contribution in [0.25, 0.3) is 0 Å². The van der Waals surface area contributed by atoms with E-state index in [1.807, 2.05) is 0 Å². The minimum absolute atomic E-state index is 0.0417. The van der Waals surface area contributed by atoms with Crippen molar-refractivity contribution in [2.75, 3.05) is 6.54 Å². The first-order valence-corrected chi connectivity index (χ1v) is 7.68. The monoisotopic (exact) mass is 296 g/mol. The van der Waals surface area contributed by atoms with E-state index in [1.165, 1.54) is 50.7 Å². The van der Waals surface area contributed by atoms with Crippen molar-refractivity contribution in [3.8, 4) is 0 Å². The van der Waals surface area contributed by atoms with Crippen LogP contribution in [0, 0.1) is 16.0 Å². The molecule has 0 aliphatic heterocycles. The average molecular weight is 297 g/mol. The molecule has 0 atom stereocenters. The van der Waals surface area contributed by atoms with Gasteiger partial charge < -0.3 is 5.32 Å². The second kappa shape index (κ2) is 7.60. The summed E-state index contributed by atoms with van der Waals surface area (Å²) in [5.74, 6) is 0.930. The first-order valence-electron chi connectivity index (χ1n) is 7.30. The summed E-state index contributed by atoms with van der Waals surface area (Å²) < 4.78 is 0. The molecule has 0 radical (unpaired) electrons. The number of nitro groups is 1. The molecule has 0 unspecified atom stereocenters. The fourth-order valence-electron chi connectivity index (χ4n) is 2.83. The quantitative estimate of drug-likeness (QED) is 0.463. The highest BCUT2D eigenvalue weighted by Crippen LogP contribution is 2.28. The maximum absolute atomic E-state index is 10.6. The van der Waals surface area contributed by atoms with E-state index < -0.39 is 4.92 Å². The largest absolute Gasteiger partial charge is 0.313 e. The highest BCUT2D eigenvalue weighted by Gasteiger charge is 2.14. The lowest BCUT2D eigenvalue weighted by molar-refractivity contribution is -0.384. The fourth-order valence-corrected chi connectivity index (χ4v) is 3.07. The Kier molecular flexibility index (Phi) is 5.80. The van der Waals surface area contributed by atoms with Crippen LogP contribution in [0.1, 0.15) is 44.1 Å². The topological polar surface area (TPSA) is 55.2 Å². The number of rotatable bonds is 7. The average Bonchev–Trinajstić information content (AvgIpc) is 2.93. The van der Waals surface area contributed by atoms with Crippen LogP contribution in [-0.4, -0.2) is 11.5 Å². The molecule has 1 saturated carbocycles. The molecule has 1 aliphatic carbocycles. The summed E-state index contributed by atoms with van der Waals surface area (Å²) in [7, 11) is 0. The highest BCUT2D eigenvalue weighted by atomic mass is 35.5. The van der Waals surface area contributed by atoms with Gasteiger partial charge in [0.1, 0.15) is 0 Å². The number of nitrogens with zero attached hydrogens (tertiary/aromatic N) is 1. The molecule has 110 valence electrons. The van der Waals surface area contributed by atoms with Crippen LogP contribution >= 0.6 is 11.6 Å². The molecule has 0 heterocycles. The Labute approximate surface area is 124 Å². The Bertz CT molecular complexity index is 459. The summed E-state index contributed by atoms with van der Waals surface area (Å²) in [4.78, 5) is 10.2. The zero-order valence-electron chi connectivity index (χ0n) is 11.6. The molecule has 20 heavy (non-hydrogen) atoms. The molecule has 4 nitrogen and oxygen atoms in total. The van der Waals surface area contributed by atoms with Crippen LogP contribution in [-0.2, 0) is 6.54 Å². The third kappa shape index (κ3) is 4.46. The number of nitrogens with one attached hydrogen (secondary N) is 1. The van der Waals surface area contributed by atoms with E-state index in [-0.39, 0.29) is 5.69 Å². The number of halogens is 1. The Morgan fingerprint density at radius 3 is 2.75 bits per heavy atom. The Hall–Kier alpha value is -1.13. The van der Waals surface area contributed by atoms with Gasteiger partial charge in [0.25, 0.3) is 5.69 Å². The molecule has 2 rings (SSSR count). The van der Waals surface area contributed by atoms with E-state index in [9.17, 15) is 10.1 Å². The first-order chi connectivity index (χ1) is 9.66. The summed E-state index contributed by atoms with van der Waals surface area (Å²) in [6.07, 6.45) is 8.09. The molecule has 1 aromatic carbocycles. The molecule has 0 saturated heterocycles. The van der Waals surface area contributed by atoms with Gasteiger partial charge in [0, 0.05) is 18.7 Å². The molecule has 1 aromatic rings. The molecule has 0 spiro atoms. The third-order valence-electron chi connectivity index (χ3n) is 4.00. The zero-order chi connectivity index (χ0) is 14.4. The standard InChI is InChI=1S/C15H21ClN2O2/c16-15-10-14(18(19)20)8-7-13(15)11-17-9-3-6-12-4-1-2-5-12/h7-8,10,12,17H,1-6,9,11H2. The van der Waals surface area contributed by atoms with Crippen molar-refractivity contribution in [1.29, 1.82) is 0 Å². The molecule has 1 fully saturated rings. The van der Waals surface area contributed by atoms with Gasteiger partial charge in [-0.05, 0) is 36.9 Å².